The molecule has 0 saturated heterocycles. The van der Waals surface area contributed by atoms with Crippen LogP contribution in [0.2, 0.25) is 0 Å². The Labute approximate surface area is 249 Å². The summed E-state index contributed by atoms with van der Waals surface area (Å²) in [6.07, 6.45) is 5.32. The van der Waals surface area contributed by atoms with Crippen LogP contribution in [0.3, 0.4) is 0 Å². The molecule has 2 fully saturated rings. The average molecular weight is 610 g/mol. The molecular weight excluding hydrogens is 579 g/mol. The molecule has 0 N–H and O–H groups in total. The molecule has 7 nitrogen and oxygen atoms in total. The van der Waals surface area contributed by atoms with E-state index in [1.807, 2.05) is 0 Å². The zero-order valence-electron chi connectivity index (χ0n) is 23.0. The van der Waals surface area contributed by atoms with E-state index in [9.17, 15) is 19.2 Å². The van der Waals surface area contributed by atoms with E-state index in [-0.39, 0.29) is 47.2 Å². The van der Waals surface area contributed by atoms with Crippen LogP contribution in [0.4, 0.5) is 0 Å². The fourth-order valence-corrected chi connectivity index (χ4v) is 9.14. The molecule has 6 rings (SSSR count). The highest BCUT2D eigenvalue weighted by atomic mass is 32.2. The summed E-state index contributed by atoms with van der Waals surface area (Å²) in [6.45, 7) is 3.23. The Balaban J connectivity index is 1.27. The normalized spacial score (nSPS) is 23.0. The van der Waals surface area contributed by atoms with Gasteiger partial charge in [-0.1, -0.05) is 0 Å². The minimum Gasteiger partial charge on any atom is -0.425 e. The molecule has 2 aliphatic carbocycles. The van der Waals surface area contributed by atoms with Crippen LogP contribution in [0.1, 0.15) is 65.2 Å². The molecule has 41 heavy (non-hydrogen) atoms. The van der Waals surface area contributed by atoms with Crippen LogP contribution in [0.15, 0.2) is 29.6 Å². The number of rotatable bonds is 7. The van der Waals surface area contributed by atoms with Crippen LogP contribution in [-0.4, -0.2) is 28.5 Å². The summed E-state index contributed by atoms with van der Waals surface area (Å²) in [6, 6.07) is 7.53. The predicted octanol–water partition coefficient (Wildman–Crippen LogP) is 7.84. The SMILES string of the molecule is CC(=O)C1CCC(C(=O)Oc2ccc(OC(=O)C3CCC(C(C)=O)CC3)c3sc(-c4cc5ccsc5s4)nc23)CC1. The number of benzene rings is 1. The van der Waals surface area contributed by atoms with Gasteiger partial charge in [-0.3, -0.25) is 19.2 Å². The topological polar surface area (TPSA) is 99.6 Å². The lowest BCUT2D eigenvalue weighted by molar-refractivity contribution is -0.141. The number of esters is 2. The van der Waals surface area contributed by atoms with Crippen LogP contribution < -0.4 is 9.47 Å². The summed E-state index contributed by atoms with van der Waals surface area (Å²) in [5, 5.41) is 4.00. The third-order valence-electron chi connectivity index (χ3n) is 8.52. The number of fused-ring (bicyclic) bond motifs is 2. The van der Waals surface area contributed by atoms with Gasteiger partial charge in [-0.25, -0.2) is 4.98 Å². The van der Waals surface area contributed by atoms with Crippen molar-refractivity contribution in [3.63, 3.8) is 0 Å². The molecule has 3 heterocycles. The number of ketones is 2. The molecule has 0 spiro atoms. The fourth-order valence-electron chi connectivity index (χ4n) is 5.95. The molecule has 214 valence electrons. The Morgan fingerprint density at radius 2 is 1.27 bits per heavy atom. The first-order valence-electron chi connectivity index (χ1n) is 14.1. The standard InChI is InChI=1S/C31H31NO6S3/c1-16(33)18-3-7-20(8-4-18)29(35)37-23-11-12-24(38-30(36)21-9-5-19(6-10-21)17(2)34)27-26(23)32-28(41-27)25-15-22-13-14-39-31(22)40-25/h11-15,18-21H,3-10H2,1-2H3. The van der Waals surface area contributed by atoms with E-state index in [0.717, 1.165) is 15.3 Å². The van der Waals surface area contributed by atoms with Crippen LogP contribution in [0.5, 0.6) is 11.5 Å². The lowest BCUT2D eigenvalue weighted by atomic mass is 9.80. The van der Waals surface area contributed by atoms with E-state index in [1.165, 1.54) is 15.4 Å². The van der Waals surface area contributed by atoms with Crippen LogP contribution in [0, 0.1) is 23.7 Å². The highest BCUT2D eigenvalue weighted by Crippen LogP contribution is 2.45. The third-order valence-corrected chi connectivity index (χ3v) is 12.0. The quantitative estimate of drug-likeness (QED) is 0.155. The maximum Gasteiger partial charge on any atom is 0.314 e. The second-order valence-corrected chi connectivity index (χ2v) is 14.4. The van der Waals surface area contributed by atoms with E-state index in [4.69, 9.17) is 14.5 Å². The molecule has 0 radical (unpaired) electrons. The fraction of sp³-hybridized carbons (Fsp3) is 0.452. The van der Waals surface area contributed by atoms with Gasteiger partial charge in [0.1, 0.15) is 26.8 Å². The van der Waals surface area contributed by atoms with Crippen molar-refractivity contribution >= 4 is 77.1 Å². The van der Waals surface area contributed by atoms with Gasteiger partial charge in [0.05, 0.1) is 20.7 Å². The van der Waals surface area contributed by atoms with Crippen molar-refractivity contribution in [2.75, 3.05) is 0 Å². The molecule has 1 aromatic carbocycles. The van der Waals surface area contributed by atoms with Crippen molar-refractivity contribution < 1.29 is 28.7 Å². The molecule has 0 aliphatic heterocycles. The molecule has 0 amide bonds. The van der Waals surface area contributed by atoms with Crippen molar-refractivity contribution in [1.82, 2.24) is 4.98 Å². The molecule has 2 saturated carbocycles. The molecule has 0 unspecified atom stereocenters. The lowest BCUT2D eigenvalue weighted by Crippen LogP contribution is -2.28. The second-order valence-electron chi connectivity index (χ2n) is 11.2. The minimum atomic E-state index is -0.313. The highest BCUT2D eigenvalue weighted by Gasteiger charge is 2.32. The number of carbonyl (C=O) groups is 4. The largest absolute Gasteiger partial charge is 0.425 e. The summed E-state index contributed by atoms with van der Waals surface area (Å²) in [5.74, 6) is 0.0492. The number of ether oxygens (including phenoxy) is 2. The molecular formula is C31H31NO6S3. The maximum absolute atomic E-state index is 13.2. The van der Waals surface area contributed by atoms with E-state index in [2.05, 4.69) is 17.5 Å². The van der Waals surface area contributed by atoms with E-state index < -0.39 is 0 Å². The van der Waals surface area contributed by atoms with Crippen molar-refractivity contribution in [1.29, 1.82) is 0 Å². The van der Waals surface area contributed by atoms with Crippen molar-refractivity contribution in [2.45, 2.75) is 65.2 Å². The second kappa shape index (κ2) is 11.7. The molecule has 2 aliphatic rings. The van der Waals surface area contributed by atoms with Gasteiger partial charge < -0.3 is 9.47 Å². The van der Waals surface area contributed by atoms with Crippen molar-refractivity contribution in [3.8, 4) is 21.4 Å². The number of hydrogen-bond acceptors (Lipinski definition) is 10. The number of aromatic nitrogens is 1. The molecule has 0 bridgehead atoms. The predicted molar refractivity (Wildman–Crippen MR) is 162 cm³/mol. The van der Waals surface area contributed by atoms with Gasteiger partial charge >= 0.3 is 11.9 Å². The molecule has 4 aromatic rings. The summed E-state index contributed by atoms with van der Waals surface area (Å²) < 4.78 is 13.7. The van der Waals surface area contributed by atoms with E-state index in [1.54, 1.807) is 48.7 Å². The zero-order valence-corrected chi connectivity index (χ0v) is 25.4. The Hall–Kier alpha value is -2.95. The maximum atomic E-state index is 13.2. The average Bonchev–Trinajstić information content (AvgIpc) is 3.70. The summed E-state index contributed by atoms with van der Waals surface area (Å²) in [7, 11) is 0. The van der Waals surface area contributed by atoms with Gasteiger partial charge in [0.15, 0.2) is 11.5 Å². The third kappa shape index (κ3) is 5.87. The Morgan fingerprint density at radius 3 is 1.83 bits per heavy atom. The molecule has 0 atom stereocenters. The van der Waals surface area contributed by atoms with Gasteiger partial charge in [0, 0.05) is 17.2 Å². The Bertz CT molecular complexity index is 1520. The summed E-state index contributed by atoms with van der Waals surface area (Å²) in [4.78, 5) is 55.7. The van der Waals surface area contributed by atoms with Gasteiger partial charge in [-0.05, 0) is 94.9 Å². The monoisotopic (exact) mass is 609 g/mol. The number of carbonyl (C=O) groups excluding carboxylic acids is 4. The zero-order chi connectivity index (χ0) is 28.7. The first kappa shape index (κ1) is 28.2. The summed E-state index contributed by atoms with van der Waals surface area (Å²) >= 11 is 4.76. The Morgan fingerprint density at radius 1 is 0.732 bits per heavy atom. The van der Waals surface area contributed by atoms with Crippen molar-refractivity contribution in [2.24, 2.45) is 23.7 Å². The van der Waals surface area contributed by atoms with Gasteiger partial charge in [0.2, 0.25) is 0 Å². The first-order chi connectivity index (χ1) is 19.8. The first-order valence-corrected chi connectivity index (χ1v) is 16.6. The van der Waals surface area contributed by atoms with E-state index in [0.29, 0.717) is 73.1 Å². The number of nitrogens with zero attached hydrogens (tertiary/aromatic N) is 1. The number of hydrogen-bond donors (Lipinski definition) is 0. The van der Waals surface area contributed by atoms with Crippen LogP contribution in [-0.2, 0) is 19.2 Å². The van der Waals surface area contributed by atoms with Gasteiger partial charge in [-0.15, -0.1) is 34.0 Å². The van der Waals surface area contributed by atoms with Crippen molar-refractivity contribution in [3.05, 3.63) is 29.6 Å². The Kier molecular flexibility index (Phi) is 8.07. The molecule has 3 aromatic heterocycles. The number of Topliss-reactive ketones (excluding diaryl/α,β-unsaturated/α-hetero) is 2. The van der Waals surface area contributed by atoms with E-state index >= 15 is 0 Å². The summed E-state index contributed by atoms with van der Waals surface area (Å²) in [5.41, 5.74) is 0.498. The van der Waals surface area contributed by atoms with Gasteiger partial charge in [0.25, 0.3) is 0 Å². The lowest BCUT2D eigenvalue weighted by Gasteiger charge is -2.25. The smallest absolute Gasteiger partial charge is 0.314 e. The minimum absolute atomic E-state index is 0.0266. The van der Waals surface area contributed by atoms with Crippen LogP contribution in [0.25, 0.3) is 29.5 Å². The van der Waals surface area contributed by atoms with Gasteiger partial charge in [-0.2, -0.15) is 0 Å². The number of thiazole rings is 1. The van der Waals surface area contributed by atoms with Crippen LogP contribution >= 0.6 is 34.0 Å². The highest BCUT2D eigenvalue weighted by molar-refractivity contribution is 7.40. The number of thiophene rings is 2. The molecule has 10 heteroatoms.